The van der Waals surface area contributed by atoms with Gasteiger partial charge in [0.05, 0.1) is 24.8 Å². The Labute approximate surface area is 145 Å². The third kappa shape index (κ3) is 4.74. The smallest absolute Gasteiger partial charge is 0.130 e. The molecule has 0 saturated heterocycles. The summed E-state index contributed by atoms with van der Waals surface area (Å²) >= 11 is 0. The number of hydrogen-bond donors (Lipinski definition) is 1. The Morgan fingerprint density at radius 2 is 1.96 bits per heavy atom. The number of aliphatic imine (C=N–C) groups is 1. The van der Waals surface area contributed by atoms with Crippen molar-refractivity contribution in [1.82, 2.24) is 10.4 Å². The van der Waals surface area contributed by atoms with E-state index in [9.17, 15) is 0 Å². The molecule has 5 nitrogen and oxygen atoms in total. The number of aryl methyl sites for hydroxylation is 2. The summed E-state index contributed by atoms with van der Waals surface area (Å²) in [6.45, 7) is 7.16. The zero-order valence-corrected chi connectivity index (χ0v) is 15.5. The van der Waals surface area contributed by atoms with Crippen LogP contribution in [0.5, 0.6) is 5.75 Å². The summed E-state index contributed by atoms with van der Waals surface area (Å²) in [7, 11) is 3.65. The lowest BCUT2D eigenvalue weighted by Crippen LogP contribution is -2.19. The van der Waals surface area contributed by atoms with E-state index < -0.39 is 0 Å². The molecule has 0 fully saturated rings. The summed E-state index contributed by atoms with van der Waals surface area (Å²) in [6, 6.07) is 4.15. The summed E-state index contributed by atoms with van der Waals surface area (Å²) < 4.78 is 6.21. The number of hydrogen-bond acceptors (Lipinski definition) is 4. The van der Waals surface area contributed by atoms with E-state index in [1.807, 2.05) is 13.4 Å². The van der Waals surface area contributed by atoms with Gasteiger partial charge in [-0.25, -0.2) is 4.99 Å². The highest BCUT2D eigenvalue weighted by Crippen LogP contribution is 2.32. The minimum Gasteiger partial charge on any atom is -0.460 e. The van der Waals surface area contributed by atoms with Crippen molar-refractivity contribution in [3.63, 3.8) is 0 Å². The average molecular weight is 331 g/mol. The number of rotatable bonds is 7. The molecule has 0 amide bonds. The van der Waals surface area contributed by atoms with Gasteiger partial charge >= 0.3 is 0 Å². The van der Waals surface area contributed by atoms with Crippen LogP contribution in [-0.4, -0.2) is 31.9 Å². The van der Waals surface area contributed by atoms with E-state index in [0.717, 1.165) is 66.2 Å². The second kappa shape index (κ2) is 8.73. The number of allylic oxidation sites excluding steroid dienone is 2. The van der Waals surface area contributed by atoms with Crippen molar-refractivity contribution >= 4 is 12.0 Å². The fourth-order valence-corrected chi connectivity index (χ4v) is 2.62. The molecule has 1 N–H and O–H groups in total. The molecule has 0 unspecified atom stereocenters. The summed E-state index contributed by atoms with van der Waals surface area (Å²) in [5, 5.41) is 0. The van der Waals surface area contributed by atoms with Crippen molar-refractivity contribution in [3.8, 4) is 5.75 Å². The van der Waals surface area contributed by atoms with Gasteiger partial charge in [0, 0.05) is 20.0 Å². The first-order valence-electron chi connectivity index (χ1n) is 8.59. The predicted molar refractivity (Wildman–Crippen MR) is 98.6 cm³/mol. The van der Waals surface area contributed by atoms with Gasteiger partial charge in [0.15, 0.2) is 0 Å². The van der Waals surface area contributed by atoms with E-state index in [1.165, 1.54) is 0 Å². The molecule has 1 aromatic rings. The molecular formula is C19H29N3O2. The molecule has 132 valence electrons. The molecule has 1 aromatic carbocycles. The molecule has 1 aliphatic rings. The lowest BCUT2D eigenvalue weighted by molar-refractivity contribution is 0.107. The molecule has 5 heteroatoms. The largest absolute Gasteiger partial charge is 0.460 e. The van der Waals surface area contributed by atoms with Crippen molar-refractivity contribution in [2.45, 2.75) is 46.5 Å². The molecule has 0 spiro atoms. The van der Waals surface area contributed by atoms with Gasteiger partial charge in [-0.1, -0.05) is 0 Å². The number of benzene rings is 1. The van der Waals surface area contributed by atoms with Gasteiger partial charge in [-0.15, -0.1) is 0 Å². The van der Waals surface area contributed by atoms with Crippen molar-refractivity contribution < 1.29 is 9.57 Å². The molecule has 2 rings (SSSR count). The lowest BCUT2D eigenvalue weighted by Gasteiger charge is -2.22. The summed E-state index contributed by atoms with van der Waals surface area (Å²) in [5.41, 5.74) is 7.18. The van der Waals surface area contributed by atoms with Crippen LogP contribution in [0.4, 0.5) is 5.69 Å². The van der Waals surface area contributed by atoms with Crippen LogP contribution in [0.15, 0.2) is 28.6 Å². The first-order chi connectivity index (χ1) is 11.5. The highest BCUT2D eigenvalue weighted by Gasteiger charge is 2.16. The maximum atomic E-state index is 6.21. The van der Waals surface area contributed by atoms with Crippen LogP contribution in [-0.2, 0) is 4.84 Å². The molecule has 24 heavy (non-hydrogen) atoms. The highest BCUT2D eigenvalue weighted by atomic mass is 16.6. The van der Waals surface area contributed by atoms with Crippen molar-refractivity contribution in [2.75, 3.05) is 20.7 Å². The topological polar surface area (TPSA) is 46.1 Å². The molecule has 1 aliphatic carbocycles. The Balaban J connectivity index is 2.22. The number of hydroxylamine groups is 1. The van der Waals surface area contributed by atoms with Gasteiger partial charge < -0.3 is 9.64 Å². The molecule has 0 aliphatic heterocycles. The van der Waals surface area contributed by atoms with E-state index in [2.05, 4.69) is 48.3 Å². The average Bonchev–Trinajstić information content (AvgIpc) is 2.58. The minimum atomic E-state index is 0.891. The van der Waals surface area contributed by atoms with Crippen LogP contribution >= 0.6 is 0 Å². The van der Waals surface area contributed by atoms with Crippen molar-refractivity contribution in [1.29, 1.82) is 0 Å². The fraction of sp³-hybridized carbons (Fsp3) is 0.526. The van der Waals surface area contributed by atoms with Crippen molar-refractivity contribution in [3.05, 3.63) is 34.7 Å². The number of ether oxygens (including phenoxy) is 1. The molecule has 0 heterocycles. The van der Waals surface area contributed by atoms with Gasteiger partial charge in [0.2, 0.25) is 0 Å². The summed E-state index contributed by atoms with van der Waals surface area (Å²) in [6.07, 6.45) is 6.08. The van der Waals surface area contributed by atoms with Gasteiger partial charge in [-0.05, 0) is 63.3 Å². The van der Waals surface area contributed by atoms with Crippen LogP contribution in [0.1, 0.15) is 43.7 Å². The second-order valence-corrected chi connectivity index (χ2v) is 6.24. The SMILES string of the molecule is CCN(C)C=Nc1cc(C)c(OC2=C(NOC)CCCC2)cc1C. The van der Waals surface area contributed by atoms with Crippen molar-refractivity contribution in [2.24, 2.45) is 4.99 Å². The van der Waals surface area contributed by atoms with Crippen LogP contribution in [0, 0.1) is 13.8 Å². The Hall–Kier alpha value is -2.01. The van der Waals surface area contributed by atoms with E-state index >= 15 is 0 Å². The minimum absolute atomic E-state index is 0.891. The van der Waals surface area contributed by atoms with E-state index in [0.29, 0.717) is 0 Å². The van der Waals surface area contributed by atoms with Crippen LogP contribution in [0.25, 0.3) is 0 Å². The quantitative estimate of drug-likeness (QED) is 0.461. The zero-order valence-electron chi connectivity index (χ0n) is 15.5. The Morgan fingerprint density at radius 1 is 1.21 bits per heavy atom. The van der Waals surface area contributed by atoms with Gasteiger partial charge in [0.1, 0.15) is 11.5 Å². The first-order valence-corrected chi connectivity index (χ1v) is 8.59. The standard InChI is InChI=1S/C19H29N3O2/c1-6-22(4)13-20-17-11-15(3)19(12-14(17)2)24-18-10-8-7-9-16(18)21-23-5/h11-13,21H,6-10H2,1-5H3. The maximum absolute atomic E-state index is 6.21. The van der Waals surface area contributed by atoms with Crippen LogP contribution in [0.2, 0.25) is 0 Å². The van der Waals surface area contributed by atoms with Gasteiger partial charge in [-0.2, -0.15) is 0 Å². The molecule has 0 radical (unpaired) electrons. The normalized spacial score (nSPS) is 15.0. The van der Waals surface area contributed by atoms with Crippen LogP contribution in [0.3, 0.4) is 0 Å². The summed E-state index contributed by atoms with van der Waals surface area (Å²) in [5.74, 6) is 1.87. The molecule has 0 bridgehead atoms. The summed E-state index contributed by atoms with van der Waals surface area (Å²) in [4.78, 5) is 11.7. The fourth-order valence-electron chi connectivity index (χ4n) is 2.62. The van der Waals surface area contributed by atoms with Gasteiger partial charge in [-0.3, -0.25) is 10.3 Å². The Bertz CT molecular complexity index is 623. The molecule has 0 atom stereocenters. The molecular weight excluding hydrogens is 302 g/mol. The number of nitrogens with zero attached hydrogens (tertiary/aromatic N) is 2. The van der Waals surface area contributed by atoms with E-state index in [4.69, 9.17) is 9.57 Å². The Kier molecular flexibility index (Phi) is 6.67. The highest BCUT2D eigenvalue weighted by molar-refractivity contribution is 5.64. The third-order valence-corrected chi connectivity index (χ3v) is 4.26. The molecule has 0 saturated carbocycles. The monoisotopic (exact) mass is 331 g/mol. The third-order valence-electron chi connectivity index (χ3n) is 4.26. The maximum Gasteiger partial charge on any atom is 0.130 e. The Morgan fingerprint density at radius 3 is 2.67 bits per heavy atom. The van der Waals surface area contributed by atoms with E-state index in [-0.39, 0.29) is 0 Å². The predicted octanol–water partition coefficient (Wildman–Crippen LogP) is 4.23. The first kappa shape index (κ1) is 18.3. The lowest BCUT2D eigenvalue weighted by atomic mass is 10.0. The van der Waals surface area contributed by atoms with Gasteiger partial charge in [0.25, 0.3) is 0 Å². The second-order valence-electron chi connectivity index (χ2n) is 6.24. The zero-order chi connectivity index (χ0) is 17.5. The van der Waals surface area contributed by atoms with Crippen LogP contribution < -0.4 is 10.2 Å². The molecule has 0 aromatic heterocycles. The van der Waals surface area contributed by atoms with E-state index in [1.54, 1.807) is 7.11 Å². The number of nitrogens with one attached hydrogen (secondary N) is 1.